The van der Waals surface area contributed by atoms with Gasteiger partial charge in [0.2, 0.25) is 5.91 Å². The number of fused-ring (bicyclic) bond motifs is 1. The SMILES string of the molecule is O=C(NCc1csc(-c2ccccc2)n1)C1CCCN(c2ccnc3ccc(F)cc23)C1. The van der Waals surface area contributed by atoms with E-state index in [-0.39, 0.29) is 17.6 Å². The lowest BCUT2D eigenvalue weighted by atomic mass is 9.96. The molecule has 1 saturated heterocycles. The molecule has 1 atom stereocenters. The third-order valence-corrected chi connectivity index (χ3v) is 6.77. The van der Waals surface area contributed by atoms with Gasteiger partial charge < -0.3 is 10.2 Å². The van der Waals surface area contributed by atoms with Gasteiger partial charge in [-0.2, -0.15) is 0 Å². The van der Waals surface area contributed by atoms with Crippen LogP contribution in [0.2, 0.25) is 0 Å². The van der Waals surface area contributed by atoms with Crippen molar-refractivity contribution in [1.29, 1.82) is 0 Å². The van der Waals surface area contributed by atoms with Gasteiger partial charge in [0.25, 0.3) is 0 Å². The Hall–Kier alpha value is -3.32. The molecule has 5 rings (SSSR count). The second-order valence-electron chi connectivity index (χ2n) is 8.00. The van der Waals surface area contributed by atoms with Crippen LogP contribution in [0.25, 0.3) is 21.5 Å². The van der Waals surface area contributed by atoms with E-state index in [0.29, 0.717) is 13.1 Å². The molecule has 1 aliphatic rings. The topological polar surface area (TPSA) is 58.1 Å². The van der Waals surface area contributed by atoms with Crippen LogP contribution in [-0.2, 0) is 11.3 Å². The summed E-state index contributed by atoms with van der Waals surface area (Å²) < 4.78 is 13.8. The number of hydrogen-bond donors (Lipinski definition) is 1. The molecular formula is C25H23FN4OS. The molecular weight excluding hydrogens is 423 g/mol. The van der Waals surface area contributed by atoms with Crippen LogP contribution in [0.3, 0.4) is 0 Å². The number of anilines is 1. The standard InChI is InChI=1S/C25H23FN4OS/c26-19-8-9-22-21(13-19)23(10-11-27-22)30-12-4-7-18(15-30)24(31)28-14-20-16-32-25(29-20)17-5-2-1-3-6-17/h1-3,5-6,8-11,13,16,18H,4,7,12,14-15H2,(H,28,31). The maximum Gasteiger partial charge on any atom is 0.225 e. The van der Waals surface area contributed by atoms with Gasteiger partial charge in [-0.25, -0.2) is 9.37 Å². The summed E-state index contributed by atoms with van der Waals surface area (Å²) in [4.78, 5) is 24.1. The summed E-state index contributed by atoms with van der Waals surface area (Å²) >= 11 is 1.58. The smallest absolute Gasteiger partial charge is 0.225 e. The number of amides is 1. The molecule has 1 fully saturated rings. The zero-order valence-electron chi connectivity index (χ0n) is 17.5. The van der Waals surface area contributed by atoms with Gasteiger partial charge in [-0.1, -0.05) is 30.3 Å². The molecule has 32 heavy (non-hydrogen) atoms. The van der Waals surface area contributed by atoms with Crippen molar-refractivity contribution in [3.05, 3.63) is 77.7 Å². The van der Waals surface area contributed by atoms with Gasteiger partial charge in [0.15, 0.2) is 0 Å². The molecule has 1 unspecified atom stereocenters. The van der Waals surface area contributed by atoms with Crippen LogP contribution in [0.1, 0.15) is 18.5 Å². The molecule has 0 radical (unpaired) electrons. The van der Waals surface area contributed by atoms with Crippen LogP contribution in [0.5, 0.6) is 0 Å². The second-order valence-corrected chi connectivity index (χ2v) is 8.86. The summed E-state index contributed by atoms with van der Waals surface area (Å²) in [7, 11) is 0. The minimum atomic E-state index is -0.281. The Morgan fingerprint density at radius 3 is 2.94 bits per heavy atom. The zero-order valence-corrected chi connectivity index (χ0v) is 18.3. The highest BCUT2D eigenvalue weighted by atomic mass is 32.1. The first kappa shape index (κ1) is 20.6. The van der Waals surface area contributed by atoms with E-state index in [4.69, 9.17) is 0 Å². The summed E-state index contributed by atoms with van der Waals surface area (Å²) in [5.74, 6) is -0.363. The van der Waals surface area contributed by atoms with Crippen molar-refractivity contribution in [2.45, 2.75) is 19.4 Å². The van der Waals surface area contributed by atoms with Crippen LogP contribution in [-0.4, -0.2) is 29.0 Å². The molecule has 2 aromatic heterocycles. The van der Waals surface area contributed by atoms with Crippen LogP contribution in [0.15, 0.2) is 66.2 Å². The first-order chi connectivity index (χ1) is 15.7. The van der Waals surface area contributed by atoms with Crippen molar-refractivity contribution in [3.8, 4) is 10.6 Å². The van der Waals surface area contributed by atoms with E-state index in [9.17, 15) is 9.18 Å². The largest absolute Gasteiger partial charge is 0.370 e. The Bertz CT molecular complexity index is 1240. The van der Waals surface area contributed by atoms with E-state index in [0.717, 1.165) is 52.2 Å². The van der Waals surface area contributed by atoms with Gasteiger partial charge in [-0.05, 0) is 37.1 Å². The van der Waals surface area contributed by atoms with E-state index in [2.05, 4.69) is 20.2 Å². The predicted octanol–water partition coefficient (Wildman–Crippen LogP) is 5.03. The number of aromatic nitrogens is 2. The van der Waals surface area contributed by atoms with Crippen LogP contribution in [0.4, 0.5) is 10.1 Å². The number of thiazole rings is 1. The quantitative estimate of drug-likeness (QED) is 0.467. The predicted molar refractivity (Wildman–Crippen MR) is 126 cm³/mol. The van der Waals surface area contributed by atoms with E-state index >= 15 is 0 Å². The van der Waals surface area contributed by atoms with Crippen molar-refractivity contribution in [2.24, 2.45) is 5.92 Å². The molecule has 2 aromatic carbocycles. The lowest BCUT2D eigenvalue weighted by Gasteiger charge is -2.34. The number of piperidine rings is 1. The maximum atomic E-state index is 13.8. The molecule has 0 spiro atoms. The van der Waals surface area contributed by atoms with Gasteiger partial charge in [-0.15, -0.1) is 11.3 Å². The molecule has 7 heteroatoms. The molecule has 0 saturated carbocycles. The second kappa shape index (κ2) is 9.04. The van der Waals surface area contributed by atoms with Crippen LogP contribution < -0.4 is 10.2 Å². The average Bonchev–Trinajstić information content (AvgIpc) is 3.32. The molecule has 5 nitrogen and oxygen atoms in total. The van der Waals surface area contributed by atoms with Gasteiger partial charge in [0.1, 0.15) is 10.8 Å². The van der Waals surface area contributed by atoms with Crippen LogP contribution >= 0.6 is 11.3 Å². The third-order valence-electron chi connectivity index (χ3n) is 5.83. The average molecular weight is 447 g/mol. The van der Waals surface area contributed by atoms with Crippen molar-refractivity contribution in [2.75, 3.05) is 18.0 Å². The number of nitrogens with one attached hydrogen (secondary N) is 1. The summed E-state index contributed by atoms with van der Waals surface area (Å²) in [6.07, 6.45) is 3.49. The minimum absolute atomic E-state index is 0.0357. The van der Waals surface area contributed by atoms with Crippen molar-refractivity contribution >= 4 is 33.8 Å². The fourth-order valence-electron chi connectivity index (χ4n) is 4.21. The van der Waals surface area contributed by atoms with Gasteiger partial charge >= 0.3 is 0 Å². The molecule has 0 bridgehead atoms. The summed E-state index contributed by atoms with van der Waals surface area (Å²) in [6.45, 7) is 1.86. The Kier molecular flexibility index (Phi) is 5.81. The van der Waals surface area contributed by atoms with Crippen LogP contribution in [0, 0.1) is 11.7 Å². The third kappa shape index (κ3) is 4.34. The summed E-state index contributed by atoms with van der Waals surface area (Å²) in [5.41, 5.74) is 3.64. The van der Waals surface area contributed by atoms with Crippen molar-refractivity contribution in [1.82, 2.24) is 15.3 Å². The zero-order chi connectivity index (χ0) is 21.9. The highest BCUT2D eigenvalue weighted by Gasteiger charge is 2.27. The summed E-state index contributed by atoms with van der Waals surface area (Å²) in [5, 5.41) is 6.79. The van der Waals surface area contributed by atoms with E-state index < -0.39 is 0 Å². The first-order valence-corrected chi connectivity index (χ1v) is 11.6. The van der Waals surface area contributed by atoms with Gasteiger partial charge in [0.05, 0.1) is 23.7 Å². The number of carbonyl (C=O) groups is 1. The van der Waals surface area contributed by atoms with Crippen molar-refractivity contribution in [3.63, 3.8) is 0 Å². The molecule has 1 amide bonds. The fourth-order valence-corrected chi connectivity index (χ4v) is 5.04. The van der Waals surface area contributed by atoms with E-state index in [1.165, 1.54) is 12.1 Å². The minimum Gasteiger partial charge on any atom is -0.370 e. The molecule has 1 N–H and O–H groups in total. The molecule has 4 aromatic rings. The molecule has 162 valence electrons. The molecule has 0 aliphatic carbocycles. The normalized spacial score (nSPS) is 16.3. The number of benzene rings is 2. The monoisotopic (exact) mass is 446 g/mol. The lowest BCUT2D eigenvalue weighted by Crippen LogP contribution is -2.43. The number of halogens is 1. The number of rotatable bonds is 5. The van der Waals surface area contributed by atoms with Gasteiger partial charge in [0, 0.05) is 41.3 Å². The fraction of sp³-hybridized carbons (Fsp3) is 0.240. The Morgan fingerprint density at radius 2 is 2.06 bits per heavy atom. The number of pyridine rings is 1. The lowest BCUT2D eigenvalue weighted by molar-refractivity contribution is -0.125. The van der Waals surface area contributed by atoms with Crippen molar-refractivity contribution < 1.29 is 9.18 Å². The highest BCUT2D eigenvalue weighted by Crippen LogP contribution is 2.30. The van der Waals surface area contributed by atoms with E-state index in [1.807, 2.05) is 41.8 Å². The Balaban J connectivity index is 1.25. The number of hydrogen-bond acceptors (Lipinski definition) is 5. The van der Waals surface area contributed by atoms with Gasteiger partial charge in [-0.3, -0.25) is 9.78 Å². The van der Waals surface area contributed by atoms with E-state index in [1.54, 1.807) is 23.6 Å². The Morgan fingerprint density at radius 1 is 1.19 bits per heavy atom. The molecule has 3 heterocycles. The number of nitrogens with zero attached hydrogens (tertiary/aromatic N) is 3. The first-order valence-electron chi connectivity index (χ1n) is 10.7. The molecule has 1 aliphatic heterocycles. The highest BCUT2D eigenvalue weighted by molar-refractivity contribution is 7.13. The Labute approximate surface area is 189 Å². The number of carbonyl (C=O) groups excluding carboxylic acids is 1. The maximum absolute atomic E-state index is 13.8. The summed E-state index contributed by atoms with van der Waals surface area (Å²) in [6, 6.07) is 16.6.